The fraction of sp³-hybridized carbons (Fsp3) is 0.231. The largest absolute Gasteiger partial charge is 0.364 e. The van der Waals surface area contributed by atoms with Gasteiger partial charge in [-0.3, -0.25) is 9.78 Å². The average Bonchev–Trinajstić information content (AvgIpc) is 3.29. The number of likely N-dealkylation sites (N-methyl/N-ethyl adjacent to an activating group) is 1. The Labute approximate surface area is 200 Å². The van der Waals surface area contributed by atoms with Crippen LogP contribution in [0.4, 0.5) is 5.69 Å². The van der Waals surface area contributed by atoms with Crippen molar-refractivity contribution in [1.29, 1.82) is 0 Å². The molecule has 0 bridgehead atoms. The lowest BCUT2D eigenvalue weighted by Crippen LogP contribution is -2.46. The van der Waals surface area contributed by atoms with Gasteiger partial charge in [-0.25, -0.2) is 9.97 Å². The highest BCUT2D eigenvalue weighted by Gasteiger charge is 2.20. The predicted molar refractivity (Wildman–Crippen MR) is 139 cm³/mol. The van der Waals surface area contributed by atoms with Crippen molar-refractivity contribution in [3.63, 3.8) is 0 Å². The minimum atomic E-state index is -0.0967. The lowest BCUT2D eigenvalue weighted by molar-refractivity contribution is 0.312. The highest BCUT2D eigenvalue weighted by atomic mass is 32.1. The summed E-state index contributed by atoms with van der Waals surface area (Å²) in [5.41, 5.74) is 5.05. The van der Waals surface area contributed by atoms with Crippen LogP contribution in [0, 0.1) is 6.92 Å². The van der Waals surface area contributed by atoms with E-state index in [1.807, 2.05) is 31.3 Å². The fourth-order valence-corrected chi connectivity index (χ4v) is 5.31. The smallest absolute Gasteiger partial charge is 0.273 e. The summed E-state index contributed by atoms with van der Waals surface area (Å²) in [6, 6.07) is 14.4. The van der Waals surface area contributed by atoms with E-state index in [1.54, 1.807) is 17.5 Å². The first-order valence-corrected chi connectivity index (χ1v) is 12.2. The Morgan fingerprint density at radius 3 is 2.65 bits per heavy atom. The van der Waals surface area contributed by atoms with Crippen molar-refractivity contribution in [3.8, 4) is 21.7 Å². The molecule has 0 aliphatic carbocycles. The van der Waals surface area contributed by atoms with Crippen LogP contribution in [0.1, 0.15) is 5.01 Å². The Morgan fingerprint density at radius 2 is 1.85 bits per heavy atom. The van der Waals surface area contributed by atoms with Crippen molar-refractivity contribution in [2.24, 2.45) is 0 Å². The molecule has 1 N–H and O–H groups in total. The van der Waals surface area contributed by atoms with E-state index in [2.05, 4.69) is 56.1 Å². The summed E-state index contributed by atoms with van der Waals surface area (Å²) >= 11 is 1.60. The summed E-state index contributed by atoms with van der Waals surface area (Å²) in [6.07, 6.45) is 3.66. The van der Waals surface area contributed by atoms with Crippen LogP contribution in [-0.2, 0) is 0 Å². The van der Waals surface area contributed by atoms with Crippen LogP contribution < -0.4 is 10.5 Å². The second-order valence-corrected chi connectivity index (χ2v) is 9.99. The number of hydrogen-bond donors (Lipinski definition) is 1. The second kappa shape index (κ2) is 8.30. The second-order valence-electron chi connectivity index (χ2n) is 8.75. The van der Waals surface area contributed by atoms with Gasteiger partial charge in [0.25, 0.3) is 5.56 Å². The number of H-pyrrole nitrogens is 1. The minimum Gasteiger partial charge on any atom is -0.364 e. The monoisotopic (exact) mass is 468 g/mol. The van der Waals surface area contributed by atoms with Crippen LogP contribution in [-0.4, -0.2) is 58.1 Å². The maximum atomic E-state index is 13.0. The molecule has 5 aromatic rings. The first-order valence-electron chi connectivity index (χ1n) is 11.3. The van der Waals surface area contributed by atoms with Gasteiger partial charge in [0.15, 0.2) is 0 Å². The van der Waals surface area contributed by atoms with Gasteiger partial charge in [-0.05, 0) is 49.9 Å². The summed E-state index contributed by atoms with van der Waals surface area (Å²) in [7, 11) is 2.11. The zero-order chi connectivity index (χ0) is 23.2. The highest BCUT2D eigenvalue weighted by Crippen LogP contribution is 2.36. The van der Waals surface area contributed by atoms with Gasteiger partial charge >= 0.3 is 0 Å². The molecule has 34 heavy (non-hydrogen) atoms. The van der Waals surface area contributed by atoms with E-state index in [0.29, 0.717) is 11.3 Å². The molecule has 1 fully saturated rings. The first kappa shape index (κ1) is 20.9. The van der Waals surface area contributed by atoms with E-state index in [1.165, 1.54) is 0 Å². The quantitative estimate of drug-likeness (QED) is 0.425. The number of hydrogen-bond acceptors (Lipinski definition) is 7. The van der Waals surface area contributed by atoms with Gasteiger partial charge in [0, 0.05) is 54.9 Å². The number of nitrogens with one attached hydrogen (secondary N) is 1. The van der Waals surface area contributed by atoms with Crippen LogP contribution in [0.25, 0.3) is 43.6 Å². The molecule has 0 spiro atoms. The molecule has 1 aliphatic heterocycles. The Balaban J connectivity index is 1.55. The average molecular weight is 469 g/mol. The number of aromatic amines is 1. The highest BCUT2D eigenvalue weighted by molar-refractivity contribution is 7.15. The van der Waals surface area contributed by atoms with Gasteiger partial charge in [0.2, 0.25) is 0 Å². The zero-order valence-corrected chi connectivity index (χ0v) is 19.9. The molecule has 170 valence electrons. The number of anilines is 1. The molecule has 0 unspecified atom stereocenters. The molecule has 1 aromatic carbocycles. The van der Waals surface area contributed by atoms with Crippen molar-refractivity contribution in [2.45, 2.75) is 6.92 Å². The predicted octanol–water partition coefficient (Wildman–Crippen LogP) is 4.32. The lowest BCUT2D eigenvalue weighted by atomic mass is 9.99. The molecule has 7 nitrogen and oxygen atoms in total. The lowest BCUT2D eigenvalue weighted by Gasteiger charge is -2.33. The summed E-state index contributed by atoms with van der Waals surface area (Å²) in [4.78, 5) is 35.3. The molecule has 0 atom stereocenters. The van der Waals surface area contributed by atoms with E-state index in [-0.39, 0.29) is 5.56 Å². The van der Waals surface area contributed by atoms with E-state index in [9.17, 15) is 4.79 Å². The molecule has 0 amide bonds. The molecule has 0 saturated carbocycles. The SMILES string of the molecule is Cc1ncc(-c2nc3[nH]c(=O)c(N4CCN(C)CC4)cc3cc2-c2ccc3ncccc3c2)s1. The van der Waals surface area contributed by atoms with Gasteiger partial charge in [0.05, 0.1) is 21.1 Å². The van der Waals surface area contributed by atoms with Crippen molar-refractivity contribution in [1.82, 2.24) is 24.8 Å². The third kappa shape index (κ3) is 3.74. The van der Waals surface area contributed by atoms with Gasteiger partial charge < -0.3 is 14.8 Å². The number of fused-ring (bicyclic) bond motifs is 2. The van der Waals surface area contributed by atoms with Gasteiger partial charge in [0.1, 0.15) is 11.3 Å². The maximum absolute atomic E-state index is 13.0. The molecule has 0 radical (unpaired) electrons. The molecular weight excluding hydrogens is 444 g/mol. The maximum Gasteiger partial charge on any atom is 0.273 e. The fourth-order valence-electron chi connectivity index (χ4n) is 4.53. The number of pyridine rings is 3. The van der Waals surface area contributed by atoms with Crippen LogP contribution >= 0.6 is 11.3 Å². The minimum absolute atomic E-state index is 0.0967. The van der Waals surface area contributed by atoms with Crippen molar-refractivity contribution >= 4 is 39.0 Å². The Bertz CT molecular complexity index is 1580. The number of piperazine rings is 1. The zero-order valence-electron chi connectivity index (χ0n) is 19.1. The van der Waals surface area contributed by atoms with Crippen LogP contribution in [0.3, 0.4) is 0 Å². The van der Waals surface area contributed by atoms with Crippen LogP contribution in [0.2, 0.25) is 0 Å². The van der Waals surface area contributed by atoms with E-state index in [4.69, 9.17) is 4.98 Å². The number of nitrogens with zero attached hydrogens (tertiary/aromatic N) is 5. The molecular formula is C26H24N6OS. The van der Waals surface area contributed by atoms with Crippen molar-refractivity contribution in [3.05, 3.63) is 70.2 Å². The normalized spacial score (nSPS) is 14.8. The number of aryl methyl sites for hydroxylation is 1. The first-order chi connectivity index (χ1) is 16.5. The standard InChI is InChI=1S/C26H24N6OS/c1-16-28-15-23(34-16)24-20(17-5-6-21-18(12-17)4-3-7-27-21)13-19-14-22(26(33)30-25(19)29-24)32-10-8-31(2)9-11-32/h3-7,12-15H,8-11H2,1-2H3,(H,29,30,33). The molecule has 5 heterocycles. The summed E-state index contributed by atoms with van der Waals surface area (Å²) in [5, 5.41) is 2.97. The van der Waals surface area contributed by atoms with E-state index < -0.39 is 0 Å². The van der Waals surface area contributed by atoms with Gasteiger partial charge in [-0.1, -0.05) is 12.1 Å². The van der Waals surface area contributed by atoms with E-state index in [0.717, 1.165) is 69.2 Å². The van der Waals surface area contributed by atoms with Crippen molar-refractivity contribution in [2.75, 3.05) is 38.1 Å². The summed E-state index contributed by atoms with van der Waals surface area (Å²) in [5.74, 6) is 0. The number of thiazole rings is 1. The van der Waals surface area contributed by atoms with Crippen LogP contribution in [0.5, 0.6) is 0 Å². The Hall–Kier alpha value is -3.62. The summed E-state index contributed by atoms with van der Waals surface area (Å²) < 4.78 is 0. The van der Waals surface area contributed by atoms with Gasteiger partial charge in [-0.2, -0.15) is 0 Å². The Morgan fingerprint density at radius 1 is 1.00 bits per heavy atom. The van der Waals surface area contributed by atoms with Gasteiger partial charge in [-0.15, -0.1) is 11.3 Å². The number of benzene rings is 1. The topological polar surface area (TPSA) is 78.0 Å². The molecule has 4 aromatic heterocycles. The third-order valence-corrected chi connectivity index (χ3v) is 7.34. The van der Waals surface area contributed by atoms with Crippen LogP contribution in [0.15, 0.2) is 59.7 Å². The Kier molecular flexibility index (Phi) is 5.12. The molecule has 1 aliphatic rings. The van der Waals surface area contributed by atoms with E-state index >= 15 is 0 Å². The number of aromatic nitrogens is 4. The summed E-state index contributed by atoms with van der Waals surface area (Å²) in [6.45, 7) is 5.54. The third-order valence-electron chi connectivity index (χ3n) is 6.42. The molecule has 6 rings (SSSR count). The molecule has 1 saturated heterocycles. The van der Waals surface area contributed by atoms with Crippen molar-refractivity contribution < 1.29 is 0 Å². The number of rotatable bonds is 3. The molecule has 8 heteroatoms.